The first-order chi connectivity index (χ1) is 9.03. The van der Waals surface area contributed by atoms with Crippen LogP contribution < -0.4 is 11.1 Å². The molecule has 0 aliphatic heterocycles. The van der Waals surface area contributed by atoms with Crippen LogP contribution in [-0.4, -0.2) is 62.9 Å². The molecule has 7 N–H and O–H groups in total. The molecule has 0 aromatic carbocycles. The van der Waals surface area contributed by atoms with Gasteiger partial charge in [0.25, 0.3) is 0 Å². The lowest BCUT2D eigenvalue weighted by molar-refractivity contribution is -0.169. The zero-order valence-corrected chi connectivity index (χ0v) is 10.6. The molecule has 0 aliphatic rings. The van der Waals surface area contributed by atoms with Crippen molar-refractivity contribution in [1.29, 1.82) is 0 Å². The van der Waals surface area contributed by atoms with E-state index >= 15 is 0 Å². The summed E-state index contributed by atoms with van der Waals surface area (Å²) in [6, 6.07) is 0. The number of nitrogens with two attached hydrogens (primary N) is 1. The Morgan fingerprint density at radius 1 is 1.05 bits per heavy atom. The van der Waals surface area contributed by atoms with Crippen LogP contribution >= 0.6 is 0 Å². The predicted molar refractivity (Wildman–Crippen MR) is 65.1 cm³/mol. The van der Waals surface area contributed by atoms with E-state index in [2.05, 4.69) is 6.58 Å². The van der Waals surface area contributed by atoms with Gasteiger partial charge in [-0.3, -0.25) is 5.32 Å². The molecule has 0 fully saturated rings. The molecule has 0 amide bonds. The lowest BCUT2D eigenvalue weighted by atomic mass is 10.0. The topological polar surface area (TPSA) is 187 Å². The summed E-state index contributed by atoms with van der Waals surface area (Å²) < 4.78 is 0. The van der Waals surface area contributed by atoms with E-state index in [4.69, 9.17) is 26.2 Å². The van der Waals surface area contributed by atoms with Crippen LogP contribution in [0.3, 0.4) is 0 Å². The number of hydrogen-bond donors (Lipinski definition) is 6. The zero-order valence-electron chi connectivity index (χ0n) is 10.6. The molecule has 0 radical (unpaired) electrons. The average Bonchev–Trinajstić information content (AvgIpc) is 2.29. The van der Waals surface area contributed by atoms with Gasteiger partial charge in [0.2, 0.25) is 0 Å². The highest BCUT2D eigenvalue weighted by atomic mass is 16.4. The van der Waals surface area contributed by atoms with Gasteiger partial charge in [-0.2, -0.15) is 0 Å². The fraction of sp³-hybridized carbons (Fsp3) is 0.400. The summed E-state index contributed by atoms with van der Waals surface area (Å²) >= 11 is 0. The molecule has 0 aromatic rings. The van der Waals surface area contributed by atoms with E-state index in [0.717, 1.165) is 0 Å². The van der Waals surface area contributed by atoms with Crippen molar-refractivity contribution in [2.24, 2.45) is 5.73 Å². The summed E-state index contributed by atoms with van der Waals surface area (Å²) in [4.78, 5) is 41.2. The quantitative estimate of drug-likeness (QED) is 0.230. The van der Waals surface area contributed by atoms with Crippen LogP contribution in [-0.2, 0) is 19.2 Å². The maximum Gasteiger partial charge on any atom is 0.347 e. The summed E-state index contributed by atoms with van der Waals surface area (Å²) in [5.41, 5.74) is 2.14. The smallest absolute Gasteiger partial charge is 0.347 e. The lowest BCUT2D eigenvalue weighted by Crippen LogP contribution is -2.64. The van der Waals surface area contributed by atoms with Gasteiger partial charge in [0.05, 0.1) is 0 Å². The van der Waals surface area contributed by atoms with Crippen LogP contribution in [0.25, 0.3) is 0 Å². The van der Waals surface area contributed by atoms with Crippen molar-refractivity contribution in [2.45, 2.75) is 12.5 Å². The van der Waals surface area contributed by atoms with Gasteiger partial charge in [-0.25, -0.2) is 19.2 Å². The minimum atomic E-state index is -3.03. The zero-order chi connectivity index (χ0) is 16.5. The van der Waals surface area contributed by atoms with E-state index in [1.54, 1.807) is 0 Å². The van der Waals surface area contributed by atoms with Crippen molar-refractivity contribution in [3.63, 3.8) is 0 Å². The molecule has 0 spiro atoms. The fourth-order valence-corrected chi connectivity index (χ4v) is 0.761. The Morgan fingerprint density at radius 2 is 1.35 bits per heavy atom. The lowest BCUT2D eigenvalue weighted by Gasteiger charge is -2.20. The summed E-state index contributed by atoms with van der Waals surface area (Å²) in [5.74, 6) is -6.92. The van der Waals surface area contributed by atoms with E-state index < -0.39 is 29.4 Å². The number of carbonyl (C=O) groups is 4. The molecule has 0 saturated carbocycles. The molecule has 0 unspecified atom stereocenters. The molecule has 0 aromatic heterocycles. The van der Waals surface area contributed by atoms with Crippen molar-refractivity contribution >= 4 is 23.9 Å². The van der Waals surface area contributed by atoms with Gasteiger partial charge in [0, 0.05) is 18.7 Å². The SMILES string of the molecule is C=C(C)C(=O)O.NCCNC(C(=O)O)(C(=O)O)C(=O)O. The second kappa shape index (κ2) is 8.61. The van der Waals surface area contributed by atoms with E-state index in [0.29, 0.717) is 0 Å². The number of nitrogens with one attached hydrogen (secondary N) is 1. The normalized spacial score (nSPS) is 9.90. The minimum Gasteiger partial charge on any atom is -0.479 e. The van der Waals surface area contributed by atoms with Gasteiger partial charge in [-0.05, 0) is 6.92 Å². The largest absolute Gasteiger partial charge is 0.479 e. The van der Waals surface area contributed by atoms with Crippen LogP contribution in [0, 0.1) is 0 Å². The first-order valence-corrected chi connectivity index (χ1v) is 5.08. The number of aliphatic carboxylic acids is 4. The van der Waals surface area contributed by atoms with Gasteiger partial charge in [0.15, 0.2) is 0 Å². The monoisotopic (exact) mass is 292 g/mol. The maximum atomic E-state index is 10.5. The Morgan fingerprint density at radius 3 is 1.50 bits per heavy atom. The molecule has 0 rings (SSSR count). The number of carboxylic acid groups (broad SMARTS) is 4. The van der Waals surface area contributed by atoms with E-state index in [1.807, 2.05) is 5.32 Å². The van der Waals surface area contributed by atoms with Crippen LogP contribution in [0.15, 0.2) is 12.2 Å². The third kappa shape index (κ3) is 5.46. The van der Waals surface area contributed by atoms with Gasteiger partial charge in [-0.1, -0.05) is 6.58 Å². The summed E-state index contributed by atoms with van der Waals surface area (Å²) in [5, 5.41) is 35.3. The van der Waals surface area contributed by atoms with E-state index in [-0.39, 0.29) is 18.7 Å². The minimum absolute atomic E-state index is 0.0738. The Hall–Kier alpha value is -2.46. The molecule has 0 saturated heterocycles. The Kier molecular flexibility index (Phi) is 8.55. The summed E-state index contributed by atoms with van der Waals surface area (Å²) in [7, 11) is 0. The highest BCUT2D eigenvalue weighted by Crippen LogP contribution is 2.05. The third-order valence-corrected chi connectivity index (χ3v) is 1.86. The molecular formula is C10H16N2O8. The Bertz CT molecular complexity index is 369. The van der Waals surface area contributed by atoms with Gasteiger partial charge in [-0.15, -0.1) is 0 Å². The molecule has 20 heavy (non-hydrogen) atoms. The van der Waals surface area contributed by atoms with Crippen LogP contribution in [0.5, 0.6) is 0 Å². The van der Waals surface area contributed by atoms with Crippen molar-refractivity contribution in [1.82, 2.24) is 5.32 Å². The van der Waals surface area contributed by atoms with Crippen molar-refractivity contribution < 1.29 is 39.6 Å². The van der Waals surface area contributed by atoms with E-state index in [9.17, 15) is 19.2 Å². The van der Waals surface area contributed by atoms with Crippen LogP contribution in [0.4, 0.5) is 0 Å². The second-order valence-corrected chi connectivity index (χ2v) is 3.47. The Labute approximate surface area is 113 Å². The number of hydrogen-bond acceptors (Lipinski definition) is 6. The van der Waals surface area contributed by atoms with Gasteiger partial charge >= 0.3 is 29.4 Å². The Balaban J connectivity index is 0. The molecule has 114 valence electrons. The number of rotatable bonds is 7. The predicted octanol–water partition coefficient (Wildman–Crippen LogP) is -1.83. The summed E-state index contributed by atoms with van der Waals surface area (Å²) in [6.07, 6.45) is 0. The molecule has 10 nitrogen and oxygen atoms in total. The van der Waals surface area contributed by atoms with Crippen molar-refractivity contribution in [2.75, 3.05) is 13.1 Å². The van der Waals surface area contributed by atoms with Gasteiger partial charge < -0.3 is 26.2 Å². The molecule has 0 bridgehead atoms. The van der Waals surface area contributed by atoms with Crippen molar-refractivity contribution in [3.8, 4) is 0 Å². The fourth-order valence-electron chi connectivity index (χ4n) is 0.761. The van der Waals surface area contributed by atoms with Crippen LogP contribution in [0.1, 0.15) is 6.92 Å². The molecular weight excluding hydrogens is 276 g/mol. The second-order valence-electron chi connectivity index (χ2n) is 3.47. The van der Waals surface area contributed by atoms with E-state index in [1.165, 1.54) is 6.92 Å². The standard InChI is InChI=1S/C6H10N2O6.C4H6O2/c7-1-2-8-6(3(9)10,4(11)12)5(13)14;1-3(2)4(5)6/h8H,1-2,7H2,(H,9,10)(H,11,12)(H,13,14);1H2,2H3,(H,5,6). The third-order valence-electron chi connectivity index (χ3n) is 1.86. The first-order valence-electron chi connectivity index (χ1n) is 5.08. The average molecular weight is 292 g/mol. The number of carboxylic acids is 4. The summed E-state index contributed by atoms with van der Waals surface area (Å²) in [6.45, 7) is 4.30. The maximum absolute atomic E-state index is 10.5. The molecule has 0 atom stereocenters. The first kappa shape index (κ1) is 19.9. The van der Waals surface area contributed by atoms with Crippen molar-refractivity contribution in [3.05, 3.63) is 12.2 Å². The highest BCUT2D eigenvalue weighted by molar-refractivity contribution is 6.21. The molecule has 10 heteroatoms. The molecule has 0 heterocycles. The van der Waals surface area contributed by atoms with Crippen LogP contribution in [0.2, 0.25) is 0 Å². The van der Waals surface area contributed by atoms with Gasteiger partial charge in [0.1, 0.15) is 0 Å². The molecule has 0 aliphatic carbocycles. The highest BCUT2D eigenvalue weighted by Gasteiger charge is 2.54.